The molecule has 0 spiro atoms. The van der Waals surface area contributed by atoms with E-state index in [1.54, 1.807) is 4.68 Å². The first-order valence-corrected chi connectivity index (χ1v) is 5.46. The predicted molar refractivity (Wildman–Crippen MR) is 56.1 cm³/mol. The van der Waals surface area contributed by atoms with Crippen molar-refractivity contribution in [1.29, 1.82) is 0 Å². The molecule has 0 aromatic carbocycles. The monoisotopic (exact) mass is 210 g/mol. The summed E-state index contributed by atoms with van der Waals surface area (Å²) < 4.78 is 1.73. The van der Waals surface area contributed by atoms with Crippen LogP contribution in [0, 0.1) is 5.92 Å². The minimum Gasteiger partial charge on any atom is -0.396 e. The number of aryl methyl sites for hydroxylation is 1. The van der Waals surface area contributed by atoms with Gasteiger partial charge in [-0.1, -0.05) is 5.21 Å². The second-order valence-corrected chi connectivity index (χ2v) is 4.29. The number of nitrogens with zero attached hydrogens (tertiary/aromatic N) is 4. The van der Waals surface area contributed by atoms with Crippen LogP contribution in [0.5, 0.6) is 0 Å². The standard InChI is InChI=1S/C10H18N4O/c1-13-7-10(11-12-13)8-14-4-2-9(6-14)3-5-15/h7,9,15H,2-6,8H2,1H3. The zero-order valence-electron chi connectivity index (χ0n) is 9.13. The summed E-state index contributed by atoms with van der Waals surface area (Å²) in [5.74, 6) is 0.659. The Bertz CT molecular complexity index is 312. The minimum atomic E-state index is 0.309. The van der Waals surface area contributed by atoms with E-state index in [0.29, 0.717) is 12.5 Å². The minimum absolute atomic E-state index is 0.309. The van der Waals surface area contributed by atoms with Crippen LogP contribution in [0.25, 0.3) is 0 Å². The predicted octanol–water partition coefficient (Wildman–Crippen LogP) is 0.0194. The van der Waals surface area contributed by atoms with Gasteiger partial charge in [-0.05, 0) is 25.3 Å². The quantitative estimate of drug-likeness (QED) is 0.761. The molecule has 1 atom stereocenters. The summed E-state index contributed by atoms with van der Waals surface area (Å²) >= 11 is 0. The molecule has 1 aliphatic heterocycles. The Balaban J connectivity index is 1.82. The summed E-state index contributed by atoms with van der Waals surface area (Å²) in [6, 6.07) is 0. The van der Waals surface area contributed by atoms with Gasteiger partial charge in [0.25, 0.3) is 0 Å². The fraction of sp³-hybridized carbons (Fsp3) is 0.800. The third-order valence-electron chi connectivity index (χ3n) is 2.94. The molecule has 84 valence electrons. The number of aliphatic hydroxyl groups excluding tert-OH is 1. The number of hydrogen-bond donors (Lipinski definition) is 1. The van der Waals surface area contributed by atoms with Gasteiger partial charge in [0.05, 0.1) is 5.69 Å². The number of aliphatic hydroxyl groups is 1. The van der Waals surface area contributed by atoms with Crippen molar-refractivity contribution in [2.45, 2.75) is 19.4 Å². The van der Waals surface area contributed by atoms with E-state index >= 15 is 0 Å². The van der Waals surface area contributed by atoms with Crippen LogP contribution in [0.1, 0.15) is 18.5 Å². The number of rotatable bonds is 4. The highest BCUT2D eigenvalue weighted by molar-refractivity contribution is 4.93. The Morgan fingerprint density at radius 3 is 3.13 bits per heavy atom. The van der Waals surface area contributed by atoms with Gasteiger partial charge in [0.2, 0.25) is 0 Å². The van der Waals surface area contributed by atoms with Crippen LogP contribution in [0.4, 0.5) is 0 Å². The van der Waals surface area contributed by atoms with Gasteiger partial charge in [-0.2, -0.15) is 0 Å². The van der Waals surface area contributed by atoms with E-state index in [-0.39, 0.29) is 0 Å². The highest BCUT2D eigenvalue weighted by Gasteiger charge is 2.22. The maximum absolute atomic E-state index is 8.86. The molecule has 2 rings (SSSR count). The first-order chi connectivity index (χ1) is 7.28. The summed E-state index contributed by atoms with van der Waals surface area (Å²) in [6.07, 6.45) is 4.08. The lowest BCUT2D eigenvalue weighted by atomic mass is 10.1. The largest absolute Gasteiger partial charge is 0.396 e. The zero-order chi connectivity index (χ0) is 10.7. The Morgan fingerprint density at radius 2 is 2.47 bits per heavy atom. The van der Waals surface area contributed by atoms with Crippen molar-refractivity contribution in [3.05, 3.63) is 11.9 Å². The van der Waals surface area contributed by atoms with Crippen LogP contribution in [0.15, 0.2) is 6.20 Å². The highest BCUT2D eigenvalue weighted by Crippen LogP contribution is 2.20. The van der Waals surface area contributed by atoms with Crippen LogP contribution in [0.2, 0.25) is 0 Å². The third-order valence-corrected chi connectivity index (χ3v) is 2.94. The second-order valence-electron chi connectivity index (χ2n) is 4.29. The molecule has 5 heteroatoms. The van der Waals surface area contributed by atoms with Crippen molar-refractivity contribution < 1.29 is 5.11 Å². The number of likely N-dealkylation sites (tertiary alicyclic amines) is 1. The van der Waals surface area contributed by atoms with E-state index in [2.05, 4.69) is 15.2 Å². The van der Waals surface area contributed by atoms with Crippen molar-refractivity contribution in [2.75, 3.05) is 19.7 Å². The average Bonchev–Trinajstić information content (AvgIpc) is 2.78. The highest BCUT2D eigenvalue weighted by atomic mass is 16.3. The van der Waals surface area contributed by atoms with E-state index in [1.165, 1.54) is 6.42 Å². The number of hydrogen-bond acceptors (Lipinski definition) is 4. The van der Waals surface area contributed by atoms with Crippen LogP contribution in [-0.4, -0.2) is 44.7 Å². The van der Waals surface area contributed by atoms with Crippen LogP contribution in [0.3, 0.4) is 0 Å². The lowest BCUT2D eigenvalue weighted by Crippen LogP contribution is -2.20. The third kappa shape index (κ3) is 2.76. The molecule has 0 bridgehead atoms. The molecule has 0 saturated carbocycles. The summed E-state index contributed by atoms with van der Waals surface area (Å²) in [5, 5.41) is 16.8. The average molecular weight is 210 g/mol. The SMILES string of the molecule is Cn1cc(CN2CCC(CCO)C2)nn1. The van der Waals surface area contributed by atoms with Crippen molar-refractivity contribution in [3.63, 3.8) is 0 Å². The Hall–Kier alpha value is -0.940. The van der Waals surface area contributed by atoms with Gasteiger partial charge in [-0.15, -0.1) is 5.10 Å². The van der Waals surface area contributed by atoms with Crippen LogP contribution < -0.4 is 0 Å². The molecule has 0 radical (unpaired) electrons. The van der Waals surface area contributed by atoms with Crippen molar-refractivity contribution in [2.24, 2.45) is 13.0 Å². The molecule has 2 heterocycles. The summed E-state index contributed by atoms with van der Waals surface area (Å²) in [5.41, 5.74) is 1.03. The normalized spacial score (nSPS) is 22.4. The first-order valence-electron chi connectivity index (χ1n) is 5.46. The maximum atomic E-state index is 8.86. The van der Waals surface area contributed by atoms with Crippen molar-refractivity contribution in [1.82, 2.24) is 19.9 Å². The van der Waals surface area contributed by atoms with Crippen molar-refractivity contribution in [3.8, 4) is 0 Å². The van der Waals surface area contributed by atoms with E-state index in [1.807, 2.05) is 13.2 Å². The fourth-order valence-corrected chi connectivity index (χ4v) is 2.17. The van der Waals surface area contributed by atoms with E-state index in [4.69, 9.17) is 5.11 Å². The molecule has 1 saturated heterocycles. The van der Waals surface area contributed by atoms with Gasteiger partial charge in [0, 0.05) is 32.9 Å². The Kier molecular flexibility index (Phi) is 3.33. The smallest absolute Gasteiger partial charge is 0.0967 e. The first kappa shape index (κ1) is 10.6. The molecule has 1 aromatic rings. The molecule has 1 unspecified atom stereocenters. The molecule has 15 heavy (non-hydrogen) atoms. The van der Waals surface area contributed by atoms with Gasteiger partial charge in [-0.3, -0.25) is 9.58 Å². The van der Waals surface area contributed by atoms with Gasteiger partial charge < -0.3 is 5.11 Å². The van der Waals surface area contributed by atoms with Gasteiger partial charge in [-0.25, -0.2) is 0 Å². The Morgan fingerprint density at radius 1 is 1.60 bits per heavy atom. The molecule has 1 aliphatic rings. The molecule has 5 nitrogen and oxygen atoms in total. The molecule has 1 aromatic heterocycles. The maximum Gasteiger partial charge on any atom is 0.0967 e. The second kappa shape index (κ2) is 4.72. The summed E-state index contributed by atoms with van der Waals surface area (Å²) in [6.45, 7) is 3.39. The zero-order valence-corrected chi connectivity index (χ0v) is 9.13. The molecule has 0 amide bonds. The molecule has 1 fully saturated rings. The molecular formula is C10H18N4O. The van der Waals surface area contributed by atoms with E-state index < -0.39 is 0 Å². The van der Waals surface area contributed by atoms with Gasteiger partial charge in [0.1, 0.15) is 0 Å². The number of aromatic nitrogens is 3. The summed E-state index contributed by atoms with van der Waals surface area (Å²) in [4.78, 5) is 2.38. The van der Waals surface area contributed by atoms with Crippen LogP contribution in [-0.2, 0) is 13.6 Å². The Labute approximate surface area is 89.7 Å². The topological polar surface area (TPSA) is 54.2 Å². The van der Waals surface area contributed by atoms with Crippen LogP contribution >= 0.6 is 0 Å². The van der Waals surface area contributed by atoms with Gasteiger partial charge >= 0.3 is 0 Å². The lowest BCUT2D eigenvalue weighted by molar-refractivity contribution is 0.249. The van der Waals surface area contributed by atoms with Gasteiger partial charge in [0.15, 0.2) is 0 Å². The molecule has 0 aliphatic carbocycles. The fourth-order valence-electron chi connectivity index (χ4n) is 2.17. The lowest BCUT2D eigenvalue weighted by Gasteiger charge is -2.13. The van der Waals surface area contributed by atoms with Crippen molar-refractivity contribution >= 4 is 0 Å². The van der Waals surface area contributed by atoms with E-state index in [0.717, 1.165) is 31.7 Å². The summed E-state index contributed by atoms with van der Waals surface area (Å²) in [7, 11) is 1.88. The molecular weight excluding hydrogens is 192 g/mol. The van der Waals surface area contributed by atoms with E-state index in [9.17, 15) is 0 Å². The molecule has 1 N–H and O–H groups in total.